The normalized spacial score (nSPS) is 14.2. The summed E-state index contributed by atoms with van der Waals surface area (Å²) in [6, 6.07) is 8.19. The lowest BCUT2D eigenvalue weighted by atomic mass is 10.1. The molecule has 0 aromatic heterocycles. The van der Waals surface area contributed by atoms with Crippen LogP contribution in [0.3, 0.4) is 0 Å². The van der Waals surface area contributed by atoms with Crippen LogP contribution in [0.25, 0.3) is 10.8 Å². The molecule has 0 spiro atoms. The van der Waals surface area contributed by atoms with Gasteiger partial charge in [0.05, 0.1) is 10.8 Å². The molecule has 0 fully saturated rings. The van der Waals surface area contributed by atoms with Gasteiger partial charge in [-0.25, -0.2) is 0 Å². The average Bonchev–Trinajstić information content (AvgIpc) is 2.44. The highest BCUT2D eigenvalue weighted by molar-refractivity contribution is 14.1. The van der Waals surface area contributed by atoms with E-state index < -0.39 is 32.9 Å². The summed E-state index contributed by atoms with van der Waals surface area (Å²) in [6.45, 7) is 0. The maximum absolute atomic E-state index is 12.8. The minimum Gasteiger partial charge on any atom is -0.857 e. The Bertz CT molecular complexity index is 925. The Hall–Kier alpha value is -1.50. The number of alkyl halides is 5. The number of nitrogens with zero attached hydrogens (tertiary/aromatic N) is 1. The molecule has 0 aliphatic rings. The van der Waals surface area contributed by atoms with Gasteiger partial charge in [-0.05, 0) is 57.6 Å². The Labute approximate surface area is 146 Å². The van der Waals surface area contributed by atoms with E-state index in [-0.39, 0.29) is 0 Å². The first-order valence-corrected chi connectivity index (χ1v) is 8.53. The van der Waals surface area contributed by atoms with Crippen LogP contribution in [0.2, 0.25) is 0 Å². The minimum atomic E-state index is -6.23. The summed E-state index contributed by atoms with van der Waals surface area (Å²) in [5.74, 6) is -8.97. The van der Waals surface area contributed by atoms with Crippen molar-refractivity contribution in [2.24, 2.45) is 4.40 Å². The first-order chi connectivity index (χ1) is 10.8. The molecule has 0 atom stereocenters. The van der Waals surface area contributed by atoms with E-state index in [1.807, 2.05) is 22.6 Å². The van der Waals surface area contributed by atoms with Crippen molar-refractivity contribution in [2.45, 2.75) is 17.0 Å². The second-order valence-electron chi connectivity index (χ2n) is 4.60. The van der Waals surface area contributed by atoms with Gasteiger partial charge in [-0.3, -0.25) is 0 Å². The van der Waals surface area contributed by atoms with Crippen LogP contribution in [0, 0.1) is 3.57 Å². The smallest absolute Gasteiger partial charge is 0.458 e. The molecule has 2 aromatic rings. The molecule has 24 heavy (non-hydrogen) atoms. The summed E-state index contributed by atoms with van der Waals surface area (Å²) >= 11 is 2.01. The van der Waals surface area contributed by atoms with Crippen molar-refractivity contribution < 1.29 is 35.5 Å². The van der Waals surface area contributed by atoms with E-state index in [9.17, 15) is 35.5 Å². The van der Waals surface area contributed by atoms with Gasteiger partial charge in [0.15, 0.2) is 0 Å². The molecule has 0 radical (unpaired) electrons. The molecule has 0 unspecified atom stereocenters. The lowest BCUT2D eigenvalue weighted by Crippen LogP contribution is -2.50. The van der Waals surface area contributed by atoms with Gasteiger partial charge >= 0.3 is 12.1 Å². The first-order valence-electron chi connectivity index (χ1n) is 6.01. The van der Waals surface area contributed by atoms with E-state index in [0.717, 1.165) is 15.7 Å². The van der Waals surface area contributed by atoms with Gasteiger partial charge in [0.2, 0.25) is 0 Å². The maximum Gasteiger partial charge on any atom is 0.458 e. The van der Waals surface area contributed by atoms with Gasteiger partial charge in [0.25, 0.3) is 10.0 Å². The molecule has 0 saturated carbocycles. The Morgan fingerprint density at radius 2 is 1.54 bits per heavy atom. The van der Waals surface area contributed by atoms with Gasteiger partial charge in [-0.2, -0.15) is 34.8 Å². The molecule has 2 rings (SSSR count). The van der Waals surface area contributed by atoms with Crippen LogP contribution >= 0.6 is 22.6 Å². The highest BCUT2D eigenvalue weighted by Gasteiger charge is 2.58. The van der Waals surface area contributed by atoms with E-state index in [4.69, 9.17) is 0 Å². The van der Waals surface area contributed by atoms with Gasteiger partial charge in [0.1, 0.15) is 0 Å². The third-order valence-corrected chi connectivity index (χ3v) is 4.83. The summed E-state index contributed by atoms with van der Waals surface area (Å²) < 4.78 is 88.5. The van der Waals surface area contributed by atoms with Crippen molar-refractivity contribution in [3.05, 3.63) is 40.0 Å². The number of hydrogen-bond donors (Lipinski definition) is 0. The molecule has 0 heterocycles. The fourth-order valence-corrected chi connectivity index (χ4v) is 3.17. The van der Waals surface area contributed by atoms with Crippen LogP contribution in [0.4, 0.5) is 22.0 Å². The number of sulfonamides is 1. The standard InChI is InChI=1S/C13H7F5INO3S/c14-12(15,13(16,17)18)11(21)20-24(22,23)10-4-2-7-5-9(19)3-1-8(7)6-10/h1-6H,(H,20,21)/p-1. The number of hydrogen-bond acceptors (Lipinski definition) is 3. The molecule has 11 heteroatoms. The molecule has 0 aliphatic heterocycles. The van der Waals surface area contributed by atoms with E-state index >= 15 is 0 Å². The Morgan fingerprint density at radius 1 is 1.00 bits per heavy atom. The van der Waals surface area contributed by atoms with Crippen LogP contribution < -0.4 is 5.11 Å². The van der Waals surface area contributed by atoms with E-state index in [1.54, 1.807) is 12.1 Å². The SMILES string of the molecule is O=S(=O)(/N=C(\[O-])C(F)(F)C(F)(F)F)c1ccc2cc(I)ccc2c1. The molecule has 0 amide bonds. The van der Waals surface area contributed by atoms with Gasteiger partial charge in [-0.15, -0.1) is 0 Å². The first kappa shape index (κ1) is 18.8. The average molecular weight is 478 g/mol. The van der Waals surface area contributed by atoms with Crippen molar-refractivity contribution in [3.63, 3.8) is 0 Å². The minimum absolute atomic E-state index is 0.390. The highest BCUT2D eigenvalue weighted by Crippen LogP contribution is 2.36. The van der Waals surface area contributed by atoms with Crippen molar-refractivity contribution in [1.82, 2.24) is 0 Å². The van der Waals surface area contributed by atoms with Crippen LogP contribution in [0.15, 0.2) is 45.7 Å². The van der Waals surface area contributed by atoms with E-state index in [1.165, 1.54) is 12.1 Å². The third kappa shape index (κ3) is 3.61. The van der Waals surface area contributed by atoms with Crippen LogP contribution in [-0.2, 0) is 10.0 Å². The van der Waals surface area contributed by atoms with Gasteiger partial charge < -0.3 is 5.11 Å². The van der Waals surface area contributed by atoms with Crippen molar-refractivity contribution >= 4 is 49.3 Å². The summed E-state index contributed by atoms with van der Waals surface area (Å²) in [5, 5.41) is 12.0. The highest BCUT2D eigenvalue weighted by atomic mass is 127. The molecule has 0 saturated heterocycles. The number of fused-ring (bicyclic) bond motifs is 1. The van der Waals surface area contributed by atoms with Crippen molar-refractivity contribution in [3.8, 4) is 0 Å². The Balaban J connectivity index is 2.51. The number of benzene rings is 2. The van der Waals surface area contributed by atoms with Crippen LogP contribution in [-0.4, -0.2) is 26.4 Å². The predicted octanol–water partition coefficient (Wildman–Crippen LogP) is 3.09. The summed E-state index contributed by atoms with van der Waals surface area (Å²) in [6.07, 6.45) is -6.23. The van der Waals surface area contributed by atoms with E-state index in [0.29, 0.717) is 10.8 Å². The second kappa shape index (κ2) is 6.10. The quantitative estimate of drug-likeness (QED) is 0.295. The number of rotatable bonds is 3. The predicted molar refractivity (Wildman–Crippen MR) is 82.3 cm³/mol. The molecule has 4 nitrogen and oxygen atoms in total. The molecule has 130 valence electrons. The molecule has 0 bridgehead atoms. The third-order valence-electron chi connectivity index (χ3n) is 2.90. The van der Waals surface area contributed by atoms with Crippen molar-refractivity contribution in [1.29, 1.82) is 0 Å². The largest absolute Gasteiger partial charge is 0.857 e. The summed E-state index contributed by atoms with van der Waals surface area (Å²) in [7, 11) is -5.01. The van der Waals surface area contributed by atoms with Crippen molar-refractivity contribution in [2.75, 3.05) is 0 Å². The van der Waals surface area contributed by atoms with Gasteiger partial charge in [-0.1, -0.05) is 12.1 Å². The molecule has 0 aliphatic carbocycles. The topological polar surface area (TPSA) is 69.6 Å². The van der Waals surface area contributed by atoms with Crippen LogP contribution in [0.1, 0.15) is 0 Å². The maximum atomic E-state index is 12.8. The number of halogens is 6. The molecule has 2 aromatic carbocycles. The monoisotopic (exact) mass is 478 g/mol. The van der Waals surface area contributed by atoms with Gasteiger partial charge in [0, 0.05) is 3.57 Å². The fraction of sp³-hybridized carbons (Fsp3) is 0.154. The zero-order valence-electron chi connectivity index (χ0n) is 11.3. The fourth-order valence-electron chi connectivity index (χ4n) is 1.70. The Morgan fingerprint density at radius 3 is 2.12 bits per heavy atom. The summed E-state index contributed by atoms with van der Waals surface area (Å²) in [4.78, 5) is -0.664. The molecule has 0 N–H and O–H groups in total. The van der Waals surface area contributed by atoms with E-state index in [2.05, 4.69) is 4.40 Å². The second-order valence-corrected chi connectivity index (χ2v) is 7.45. The zero-order valence-corrected chi connectivity index (χ0v) is 14.3. The molecular formula is C13H6F5INO3S-. The molecular weight excluding hydrogens is 472 g/mol. The zero-order chi connectivity index (χ0) is 18.3. The summed E-state index contributed by atoms with van der Waals surface area (Å²) in [5.41, 5.74) is 0. The van der Waals surface area contributed by atoms with Crippen LogP contribution in [0.5, 0.6) is 0 Å². The lowest BCUT2D eigenvalue weighted by Gasteiger charge is -2.24. The lowest BCUT2D eigenvalue weighted by molar-refractivity contribution is -0.306. The Kier molecular flexibility index (Phi) is 4.78.